The molecule has 9 heteroatoms. The molecule has 0 fully saturated rings. The minimum absolute atomic E-state index is 0.379. The number of rotatable bonds is 8. The summed E-state index contributed by atoms with van der Waals surface area (Å²) in [6, 6.07) is 11.2. The zero-order chi connectivity index (χ0) is 20.8. The maximum Gasteiger partial charge on any atom is 0.234 e. The van der Waals surface area contributed by atoms with Gasteiger partial charge in [-0.3, -0.25) is 0 Å². The van der Waals surface area contributed by atoms with Crippen molar-refractivity contribution in [1.82, 2.24) is 15.0 Å². The zero-order valence-corrected chi connectivity index (χ0v) is 17.0. The SMILES string of the molecule is COc1ccc(N(C)c2ncnc(Nc3cc(OC)c(OC)c(OC)c3)n2)cc1. The van der Waals surface area contributed by atoms with E-state index in [9.17, 15) is 0 Å². The molecule has 2 aromatic carbocycles. The summed E-state index contributed by atoms with van der Waals surface area (Å²) in [4.78, 5) is 14.8. The standard InChI is InChI=1S/C20H23N5O4/c1-25(14-6-8-15(26-2)9-7-14)20-22-12-21-19(24-20)23-13-10-16(27-3)18(29-5)17(11-13)28-4/h6-12H,1-5H3,(H,21,22,23,24). The number of aromatic nitrogens is 3. The molecular weight excluding hydrogens is 374 g/mol. The van der Waals surface area contributed by atoms with Gasteiger partial charge in [-0.2, -0.15) is 4.98 Å². The summed E-state index contributed by atoms with van der Waals surface area (Å²) in [5, 5.41) is 3.15. The van der Waals surface area contributed by atoms with Gasteiger partial charge in [-0.1, -0.05) is 0 Å². The van der Waals surface area contributed by atoms with Crippen molar-refractivity contribution >= 4 is 23.3 Å². The lowest BCUT2D eigenvalue weighted by molar-refractivity contribution is 0.324. The maximum absolute atomic E-state index is 5.38. The van der Waals surface area contributed by atoms with Gasteiger partial charge in [0.15, 0.2) is 11.5 Å². The molecule has 3 aromatic rings. The largest absolute Gasteiger partial charge is 0.497 e. The molecule has 0 bridgehead atoms. The highest BCUT2D eigenvalue weighted by molar-refractivity contribution is 5.66. The van der Waals surface area contributed by atoms with Crippen LogP contribution in [0.3, 0.4) is 0 Å². The summed E-state index contributed by atoms with van der Waals surface area (Å²) in [5.41, 5.74) is 1.60. The van der Waals surface area contributed by atoms with Gasteiger partial charge in [0.05, 0.1) is 28.4 Å². The summed E-state index contributed by atoms with van der Waals surface area (Å²) in [7, 11) is 8.19. The Bertz CT molecular complexity index is 940. The van der Waals surface area contributed by atoms with Crippen molar-refractivity contribution in [3.05, 3.63) is 42.7 Å². The summed E-state index contributed by atoms with van der Waals surface area (Å²) >= 11 is 0. The van der Waals surface area contributed by atoms with E-state index in [1.165, 1.54) is 6.33 Å². The van der Waals surface area contributed by atoms with Crippen LogP contribution in [0.15, 0.2) is 42.7 Å². The van der Waals surface area contributed by atoms with Crippen molar-refractivity contribution in [3.8, 4) is 23.0 Å². The van der Waals surface area contributed by atoms with Crippen molar-refractivity contribution in [2.24, 2.45) is 0 Å². The van der Waals surface area contributed by atoms with Gasteiger partial charge >= 0.3 is 0 Å². The quantitative estimate of drug-likeness (QED) is 0.614. The number of hydrogen-bond donors (Lipinski definition) is 1. The van der Waals surface area contributed by atoms with E-state index in [0.717, 1.165) is 11.4 Å². The fourth-order valence-corrected chi connectivity index (χ4v) is 2.71. The summed E-state index contributed by atoms with van der Waals surface area (Å²) in [6.07, 6.45) is 1.45. The third kappa shape index (κ3) is 4.40. The average molecular weight is 397 g/mol. The number of nitrogens with one attached hydrogen (secondary N) is 1. The molecule has 0 amide bonds. The van der Waals surface area contributed by atoms with Gasteiger partial charge in [-0.25, -0.2) is 9.97 Å². The van der Waals surface area contributed by atoms with E-state index in [-0.39, 0.29) is 0 Å². The Morgan fingerprint density at radius 2 is 1.48 bits per heavy atom. The minimum atomic E-state index is 0.379. The maximum atomic E-state index is 5.38. The first-order chi connectivity index (χ1) is 14.1. The number of methoxy groups -OCH3 is 4. The van der Waals surface area contributed by atoms with Crippen LogP contribution in [0.5, 0.6) is 23.0 Å². The molecule has 1 aromatic heterocycles. The molecule has 29 heavy (non-hydrogen) atoms. The lowest BCUT2D eigenvalue weighted by atomic mass is 10.2. The predicted octanol–water partition coefficient (Wildman–Crippen LogP) is 3.42. The van der Waals surface area contributed by atoms with E-state index in [0.29, 0.717) is 34.8 Å². The number of hydrogen-bond acceptors (Lipinski definition) is 9. The van der Waals surface area contributed by atoms with Crippen LogP contribution >= 0.6 is 0 Å². The van der Waals surface area contributed by atoms with E-state index >= 15 is 0 Å². The second-order valence-corrected chi connectivity index (χ2v) is 5.91. The summed E-state index contributed by atoms with van der Waals surface area (Å²) < 4.78 is 21.3. The average Bonchev–Trinajstić information content (AvgIpc) is 2.78. The number of nitrogens with zero attached hydrogens (tertiary/aromatic N) is 4. The van der Waals surface area contributed by atoms with Gasteiger partial charge in [0.25, 0.3) is 0 Å². The smallest absolute Gasteiger partial charge is 0.234 e. The lowest BCUT2D eigenvalue weighted by Gasteiger charge is -2.18. The Labute approximate surface area is 169 Å². The van der Waals surface area contributed by atoms with Crippen LogP contribution in [-0.2, 0) is 0 Å². The second-order valence-electron chi connectivity index (χ2n) is 5.91. The molecule has 0 saturated carbocycles. The summed E-state index contributed by atoms with van der Waals surface area (Å²) in [5.74, 6) is 3.21. The second kappa shape index (κ2) is 8.96. The van der Waals surface area contributed by atoms with E-state index in [1.54, 1.807) is 40.6 Å². The molecule has 0 aliphatic rings. The summed E-state index contributed by atoms with van der Waals surface area (Å²) in [6.45, 7) is 0. The van der Waals surface area contributed by atoms with Crippen LogP contribution in [0, 0.1) is 0 Å². The highest BCUT2D eigenvalue weighted by Crippen LogP contribution is 2.40. The Morgan fingerprint density at radius 1 is 0.828 bits per heavy atom. The van der Waals surface area contributed by atoms with Crippen molar-refractivity contribution in [2.75, 3.05) is 45.7 Å². The third-order valence-corrected chi connectivity index (χ3v) is 4.24. The first kappa shape index (κ1) is 20.0. The normalized spacial score (nSPS) is 10.2. The molecule has 0 unspecified atom stereocenters. The van der Waals surface area contributed by atoms with Gasteiger partial charge in [0.1, 0.15) is 12.1 Å². The lowest BCUT2D eigenvalue weighted by Crippen LogP contribution is -2.14. The van der Waals surface area contributed by atoms with E-state index < -0.39 is 0 Å². The number of ether oxygens (including phenoxy) is 4. The monoisotopic (exact) mass is 397 g/mol. The molecule has 0 aliphatic heterocycles. The topological polar surface area (TPSA) is 90.9 Å². The molecule has 3 rings (SSSR count). The molecule has 1 N–H and O–H groups in total. The van der Waals surface area contributed by atoms with E-state index in [1.807, 2.05) is 36.2 Å². The van der Waals surface area contributed by atoms with Gasteiger partial charge in [0, 0.05) is 30.6 Å². The highest BCUT2D eigenvalue weighted by Gasteiger charge is 2.15. The molecule has 0 spiro atoms. The van der Waals surface area contributed by atoms with E-state index in [4.69, 9.17) is 18.9 Å². The fourth-order valence-electron chi connectivity index (χ4n) is 2.71. The minimum Gasteiger partial charge on any atom is -0.497 e. The first-order valence-electron chi connectivity index (χ1n) is 8.73. The van der Waals surface area contributed by atoms with Gasteiger partial charge in [0.2, 0.25) is 17.6 Å². The van der Waals surface area contributed by atoms with Crippen molar-refractivity contribution in [2.45, 2.75) is 0 Å². The van der Waals surface area contributed by atoms with Gasteiger partial charge in [-0.05, 0) is 24.3 Å². The Kier molecular flexibility index (Phi) is 6.18. The number of benzene rings is 2. The predicted molar refractivity (Wildman–Crippen MR) is 110 cm³/mol. The van der Waals surface area contributed by atoms with E-state index in [2.05, 4.69) is 20.3 Å². The van der Waals surface area contributed by atoms with Crippen LogP contribution in [0.1, 0.15) is 0 Å². The van der Waals surface area contributed by atoms with Crippen molar-refractivity contribution in [3.63, 3.8) is 0 Å². The molecule has 1 heterocycles. The van der Waals surface area contributed by atoms with Crippen LogP contribution in [0.25, 0.3) is 0 Å². The van der Waals surface area contributed by atoms with Crippen LogP contribution in [-0.4, -0.2) is 50.4 Å². The van der Waals surface area contributed by atoms with Gasteiger partial charge in [-0.15, -0.1) is 0 Å². The Hall–Kier alpha value is -3.75. The van der Waals surface area contributed by atoms with Crippen LogP contribution in [0.4, 0.5) is 23.3 Å². The fraction of sp³-hybridized carbons (Fsp3) is 0.250. The first-order valence-corrected chi connectivity index (χ1v) is 8.73. The molecule has 152 valence electrons. The van der Waals surface area contributed by atoms with Crippen molar-refractivity contribution in [1.29, 1.82) is 0 Å². The van der Waals surface area contributed by atoms with Crippen LogP contribution < -0.4 is 29.2 Å². The highest BCUT2D eigenvalue weighted by atomic mass is 16.5. The number of anilines is 4. The molecule has 0 saturated heterocycles. The zero-order valence-electron chi connectivity index (χ0n) is 17.0. The molecule has 9 nitrogen and oxygen atoms in total. The van der Waals surface area contributed by atoms with Crippen molar-refractivity contribution < 1.29 is 18.9 Å². The Balaban J connectivity index is 1.86. The molecule has 0 atom stereocenters. The molecule has 0 radical (unpaired) electrons. The third-order valence-electron chi connectivity index (χ3n) is 4.24. The Morgan fingerprint density at radius 3 is 2.03 bits per heavy atom. The van der Waals surface area contributed by atoms with Gasteiger partial charge < -0.3 is 29.2 Å². The van der Waals surface area contributed by atoms with Crippen LogP contribution in [0.2, 0.25) is 0 Å². The molecule has 0 aliphatic carbocycles. The molecular formula is C20H23N5O4.